The Morgan fingerprint density at radius 3 is 2.80 bits per heavy atom. The normalized spacial score (nSPS) is 15.4. The molecule has 7 nitrogen and oxygen atoms in total. The molecule has 0 spiro atoms. The summed E-state index contributed by atoms with van der Waals surface area (Å²) < 4.78 is 4.81. The van der Waals surface area contributed by atoms with Crippen molar-refractivity contribution >= 4 is 40.9 Å². The molecule has 0 bridgehead atoms. The van der Waals surface area contributed by atoms with Gasteiger partial charge >= 0.3 is 12.0 Å². The predicted molar refractivity (Wildman–Crippen MR) is 114 cm³/mol. The Bertz CT molecular complexity index is 1120. The fourth-order valence-corrected chi connectivity index (χ4v) is 4.11. The first-order valence-electron chi connectivity index (χ1n) is 9.21. The largest absolute Gasteiger partial charge is 0.465 e. The molecule has 0 saturated carbocycles. The van der Waals surface area contributed by atoms with Gasteiger partial charge in [-0.25, -0.2) is 14.6 Å². The van der Waals surface area contributed by atoms with Crippen molar-refractivity contribution in [1.29, 1.82) is 0 Å². The molecular formula is C21H18Cl2N4O3. The number of esters is 1. The van der Waals surface area contributed by atoms with E-state index >= 15 is 0 Å². The summed E-state index contributed by atoms with van der Waals surface area (Å²) >= 11 is 12.5. The van der Waals surface area contributed by atoms with Gasteiger partial charge in [0.25, 0.3) is 0 Å². The first kappa shape index (κ1) is 20.3. The topological polar surface area (TPSA) is 87.3 Å². The molecule has 2 N–H and O–H groups in total. The number of urea groups is 1. The first-order valence-corrected chi connectivity index (χ1v) is 9.97. The van der Waals surface area contributed by atoms with Gasteiger partial charge in [0.1, 0.15) is 6.04 Å². The number of carbonyl (C=O) groups excluding carboxylic acids is 2. The molecular weight excluding hydrogens is 427 g/mol. The van der Waals surface area contributed by atoms with Crippen molar-refractivity contribution in [3.05, 3.63) is 81.4 Å². The van der Waals surface area contributed by atoms with Crippen LogP contribution in [0.1, 0.15) is 33.4 Å². The van der Waals surface area contributed by atoms with Crippen molar-refractivity contribution in [2.75, 3.05) is 19.0 Å². The van der Waals surface area contributed by atoms with Crippen LogP contribution in [0.25, 0.3) is 0 Å². The van der Waals surface area contributed by atoms with Crippen molar-refractivity contribution < 1.29 is 14.3 Å². The number of ether oxygens (including phenoxy) is 1. The number of H-pyrrole nitrogens is 1. The molecule has 0 saturated heterocycles. The average molecular weight is 445 g/mol. The van der Waals surface area contributed by atoms with Crippen molar-refractivity contribution in [2.45, 2.75) is 12.5 Å². The molecule has 0 unspecified atom stereocenters. The molecule has 1 aliphatic heterocycles. The second-order valence-corrected chi connectivity index (χ2v) is 7.59. The van der Waals surface area contributed by atoms with E-state index in [1.54, 1.807) is 53.7 Å². The zero-order valence-corrected chi connectivity index (χ0v) is 17.5. The lowest BCUT2D eigenvalue weighted by atomic mass is 9.96. The summed E-state index contributed by atoms with van der Waals surface area (Å²) in [5.74, 6) is -0.531. The Hall–Kier alpha value is -3.03. The number of aromatic amines is 1. The number of hydrogen-bond donors (Lipinski definition) is 2. The van der Waals surface area contributed by atoms with Gasteiger partial charge in [0.2, 0.25) is 0 Å². The van der Waals surface area contributed by atoms with Crippen molar-refractivity contribution in [1.82, 2.24) is 14.9 Å². The summed E-state index contributed by atoms with van der Waals surface area (Å²) in [6.45, 7) is 0.436. The van der Waals surface area contributed by atoms with Gasteiger partial charge in [-0.15, -0.1) is 0 Å². The van der Waals surface area contributed by atoms with E-state index in [1.807, 2.05) is 0 Å². The van der Waals surface area contributed by atoms with Crippen LogP contribution in [0.5, 0.6) is 0 Å². The minimum absolute atomic E-state index is 0.270. The van der Waals surface area contributed by atoms with Crippen molar-refractivity contribution in [3.8, 4) is 0 Å². The molecule has 2 aromatic carbocycles. The van der Waals surface area contributed by atoms with Gasteiger partial charge in [0.15, 0.2) is 0 Å². The first-order chi connectivity index (χ1) is 14.5. The lowest BCUT2D eigenvalue weighted by Gasteiger charge is -2.35. The lowest BCUT2D eigenvalue weighted by molar-refractivity contribution is 0.0602. The Balaban J connectivity index is 1.71. The molecule has 3 aromatic rings. The standard InChI is InChI=1S/C21H18Cl2N4O3/c1-30-20(28)14-4-2-3-5-16(14)26-21(29)27-9-8-17-18(25-11-24-17)19(27)13-7-6-12(22)10-15(13)23/h2-7,10-11,19H,8-9H2,1H3,(H,24,25)(H,26,29)/t19-/m0/s1. The minimum Gasteiger partial charge on any atom is -0.465 e. The monoisotopic (exact) mass is 444 g/mol. The SMILES string of the molecule is COC(=O)c1ccccc1NC(=O)N1CCc2[nH]cnc2[C@@H]1c1ccc(Cl)cc1Cl. The van der Waals surface area contributed by atoms with Gasteiger partial charge < -0.3 is 19.9 Å². The van der Waals surface area contributed by atoms with Gasteiger partial charge in [-0.1, -0.05) is 41.4 Å². The van der Waals surface area contributed by atoms with Crippen LogP contribution in [0, 0.1) is 0 Å². The second-order valence-electron chi connectivity index (χ2n) is 6.75. The highest BCUT2D eigenvalue weighted by atomic mass is 35.5. The van der Waals surface area contributed by atoms with E-state index in [0.29, 0.717) is 34.3 Å². The molecule has 154 valence electrons. The van der Waals surface area contributed by atoms with Gasteiger partial charge in [-0.2, -0.15) is 0 Å². The summed E-state index contributed by atoms with van der Waals surface area (Å²) in [5, 5.41) is 3.77. The summed E-state index contributed by atoms with van der Waals surface area (Å²) in [4.78, 5) is 34.5. The van der Waals surface area contributed by atoms with Crippen LogP contribution in [0.2, 0.25) is 10.0 Å². The highest BCUT2D eigenvalue weighted by Gasteiger charge is 2.35. The van der Waals surface area contributed by atoms with Crippen molar-refractivity contribution in [3.63, 3.8) is 0 Å². The molecule has 0 fully saturated rings. The third-order valence-electron chi connectivity index (χ3n) is 5.02. The number of para-hydroxylation sites is 1. The second kappa shape index (κ2) is 8.38. The maximum Gasteiger partial charge on any atom is 0.339 e. The van der Waals surface area contributed by atoms with E-state index in [9.17, 15) is 9.59 Å². The van der Waals surface area contributed by atoms with Crippen LogP contribution in [-0.2, 0) is 11.2 Å². The average Bonchev–Trinajstić information content (AvgIpc) is 3.22. The van der Waals surface area contributed by atoms with E-state index < -0.39 is 12.0 Å². The Morgan fingerprint density at radius 1 is 1.23 bits per heavy atom. The molecule has 9 heteroatoms. The van der Waals surface area contributed by atoms with E-state index in [1.165, 1.54) is 7.11 Å². The zero-order chi connectivity index (χ0) is 21.3. The number of imidazole rings is 1. The number of methoxy groups -OCH3 is 1. The molecule has 2 heterocycles. The maximum atomic E-state index is 13.3. The third kappa shape index (κ3) is 3.74. The number of halogens is 2. The quantitative estimate of drug-likeness (QED) is 0.573. The third-order valence-corrected chi connectivity index (χ3v) is 5.58. The summed E-state index contributed by atoms with van der Waals surface area (Å²) in [6.07, 6.45) is 2.22. The van der Waals surface area contributed by atoms with Gasteiger partial charge in [-0.05, 0) is 29.8 Å². The Labute approximate surface area is 183 Å². The number of amides is 2. The highest BCUT2D eigenvalue weighted by molar-refractivity contribution is 6.35. The molecule has 0 aliphatic carbocycles. The molecule has 30 heavy (non-hydrogen) atoms. The number of aromatic nitrogens is 2. The highest BCUT2D eigenvalue weighted by Crippen LogP contribution is 2.38. The number of hydrogen-bond acceptors (Lipinski definition) is 4. The lowest BCUT2D eigenvalue weighted by Crippen LogP contribution is -2.43. The minimum atomic E-state index is -0.531. The number of carbonyl (C=O) groups is 2. The van der Waals surface area contributed by atoms with Crippen LogP contribution in [0.4, 0.5) is 10.5 Å². The smallest absolute Gasteiger partial charge is 0.339 e. The van der Waals surface area contributed by atoms with E-state index in [0.717, 1.165) is 11.4 Å². The molecule has 1 atom stereocenters. The Kier molecular flexibility index (Phi) is 5.65. The van der Waals surface area contributed by atoms with Crippen LogP contribution >= 0.6 is 23.2 Å². The maximum absolute atomic E-state index is 13.3. The molecule has 0 radical (unpaired) electrons. The number of nitrogens with one attached hydrogen (secondary N) is 2. The zero-order valence-electron chi connectivity index (χ0n) is 16.0. The molecule has 1 aromatic heterocycles. The van der Waals surface area contributed by atoms with Crippen LogP contribution in [-0.4, -0.2) is 40.5 Å². The van der Waals surface area contributed by atoms with Crippen LogP contribution < -0.4 is 5.32 Å². The summed E-state index contributed by atoms with van der Waals surface area (Å²) in [6, 6.07) is 11.0. The van der Waals surface area contributed by atoms with E-state index in [4.69, 9.17) is 27.9 Å². The van der Waals surface area contributed by atoms with Crippen molar-refractivity contribution in [2.24, 2.45) is 0 Å². The summed E-state index contributed by atoms with van der Waals surface area (Å²) in [7, 11) is 1.29. The number of benzene rings is 2. The number of rotatable bonds is 3. The predicted octanol–water partition coefficient (Wildman–Crippen LogP) is 4.68. The molecule has 4 rings (SSSR count). The number of nitrogens with zero attached hydrogens (tertiary/aromatic N) is 2. The van der Waals surface area contributed by atoms with Gasteiger partial charge in [0.05, 0.1) is 30.4 Å². The fraction of sp³-hybridized carbons (Fsp3) is 0.190. The van der Waals surface area contributed by atoms with Crippen LogP contribution in [0.15, 0.2) is 48.8 Å². The Morgan fingerprint density at radius 2 is 2.03 bits per heavy atom. The van der Waals surface area contributed by atoms with Gasteiger partial charge in [0, 0.05) is 28.7 Å². The van der Waals surface area contributed by atoms with E-state index in [2.05, 4.69) is 15.3 Å². The fourth-order valence-electron chi connectivity index (χ4n) is 3.60. The molecule has 2 amide bonds. The summed E-state index contributed by atoms with van der Waals surface area (Å²) in [5.41, 5.74) is 3.02. The van der Waals surface area contributed by atoms with Crippen LogP contribution in [0.3, 0.4) is 0 Å². The van der Waals surface area contributed by atoms with E-state index in [-0.39, 0.29) is 11.6 Å². The number of fused-ring (bicyclic) bond motifs is 1. The number of anilines is 1. The molecule has 1 aliphatic rings. The van der Waals surface area contributed by atoms with Gasteiger partial charge in [-0.3, -0.25) is 0 Å².